The summed E-state index contributed by atoms with van der Waals surface area (Å²) >= 11 is 0. The summed E-state index contributed by atoms with van der Waals surface area (Å²) in [6, 6.07) is 0. The number of carboxylic acids is 1. The monoisotopic (exact) mass is 304 g/mol. The fourth-order valence-corrected chi connectivity index (χ4v) is 4.96. The second kappa shape index (κ2) is 5.33. The zero-order valence-electron chi connectivity index (χ0n) is 11.5. The zero-order valence-corrected chi connectivity index (χ0v) is 12.3. The topological polar surface area (TPSA) is 104 Å². The highest BCUT2D eigenvalue weighted by Gasteiger charge is 2.40. The highest BCUT2D eigenvalue weighted by atomic mass is 32.2. The first-order valence-corrected chi connectivity index (χ1v) is 8.45. The summed E-state index contributed by atoms with van der Waals surface area (Å²) in [6.45, 7) is 3.16. The molecule has 8 heteroatoms. The van der Waals surface area contributed by atoms with Gasteiger partial charge >= 0.3 is 5.97 Å². The van der Waals surface area contributed by atoms with Gasteiger partial charge in [0.2, 0.25) is 5.91 Å². The number of nitrogens with zero attached hydrogens (tertiary/aromatic N) is 1. The molecule has 0 aromatic rings. The van der Waals surface area contributed by atoms with E-state index in [-0.39, 0.29) is 36.3 Å². The lowest BCUT2D eigenvalue weighted by molar-refractivity contribution is -0.139. The van der Waals surface area contributed by atoms with E-state index < -0.39 is 21.3 Å². The molecule has 1 unspecified atom stereocenters. The molecule has 0 aromatic heterocycles. The second-order valence-electron chi connectivity index (χ2n) is 6.11. The van der Waals surface area contributed by atoms with Gasteiger partial charge in [-0.3, -0.25) is 14.5 Å². The smallest absolute Gasteiger partial charge is 0.303 e. The van der Waals surface area contributed by atoms with E-state index >= 15 is 0 Å². The maximum absolute atomic E-state index is 11.9. The third-order valence-corrected chi connectivity index (χ3v) is 5.71. The van der Waals surface area contributed by atoms with Gasteiger partial charge in [0.1, 0.15) is 0 Å². The SMILES string of the molecule is CC1(NC(=O)CN2CC(CC(=O)O)C2)CCS(=O)(=O)C1. The van der Waals surface area contributed by atoms with Crippen molar-refractivity contribution in [2.75, 3.05) is 31.1 Å². The standard InChI is InChI=1S/C12H20N2O5S/c1-12(2-3-20(18,19)8-12)13-10(15)7-14-5-9(6-14)4-11(16)17/h9H,2-8H2,1H3,(H,13,15)(H,16,17). The third kappa shape index (κ3) is 3.92. The number of carbonyl (C=O) groups excluding carboxylic acids is 1. The van der Waals surface area contributed by atoms with E-state index in [1.54, 1.807) is 6.92 Å². The number of sulfone groups is 1. The molecule has 2 N–H and O–H groups in total. The lowest BCUT2D eigenvalue weighted by atomic mass is 9.96. The van der Waals surface area contributed by atoms with Crippen molar-refractivity contribution in [1.82, 2.24) is 10.2 Å². The molecule has 0 radical (unpaired) electrons. The van der Waals surface area contributed by atoms with Crippen LogP contribution in [-0.4, -0.2) is 67.0 Å². The van der Waals surface area contributed by atoms with E-state index in [0.29, 0.717) is 19.5 Å². The molecule has 2 rings (SSSR count). The minimum absolute atomic E-state index is 0.00657. The van der Waals surface area contributed by atoms with Crippen molar-refractivity contribution in [3.8, 4) is 0 Å². The normalized spacial score (nSPS) is 29.9. The Bertz CT molecular complexity index is 512. The van der Waals surface area contributed by atoms with Crippen molar-refractivity contribution in [1.29, 1.82) is 0 Å². The number of amides is 1. The predicted molar refractivity (Wildman–Crippen MR) is 72.0 cm³/mol. The predicted octanol–water partition coefficient (Wildman–Crippen LogP) is -0.914. The van der Waals surface area contributed by atoms with Crippen LogP contribution in [0.15, 0.2) is 0 Å². The van der Waals surface area contributed by atoms with Gasteiger partial charge in [0.05, 0.1) is 30.0 Å². The summed E-state index contributed by atoms with van der Waals surface area (Å²) in [5.74, 6) is -0.787. The number of hydrogen-bond acceptors (Lipinski definition) is 5. The van der Waals surface area contributed by atoms with E-state index in [2.05, 4.69) is 5.32 Å². The average Bonchev–Trinajstić information content (AvgIpc) is 2.48. The van der Waals surface area contributed by atoms with Crippen LogP contribution in [0, 0.1) is 5.92 Å². The second-order valence-corrected chi connectivity index (χ2v) is 8.29. The molecular formula is C12H20N2O5S. The van der Waals surface area contributed by atoms with Crippen LogP contribution in [0.25, 0.3) is 0 Å². The Morgan fingerprint density at radius 2 is 2.05 bits per heavy atom. The molecule has 1 atom stereocenters. The number of carbonyl (C=O) groups is 2. The Morgan fingerprint density at radius 3 is 2.55 bits per heavy atom. The van der Waals surface area contributed by atoms with E-state index in [1.807, 2.05) is 4.90 Å². The number of rotatable bonds is 5. The molecule has 2 aliphatic rings. The molecule has 0 aromatic carbocycles. The van der Waals surface area contributed by atoms with Crippen molar-refractivity contribution in [2.24, 2.45) is 5.92 Å². The van der Waals surface area contributed by atoms with Crippen LogP contribution in [0.3, 0.4) is 0 Å². The van der Waals surface area contributed by atoms with Crippen LogP contribution in [0.5, 0.6) is 0 Å². The zero-order chi connectivity index (χ0) is 15.0. The van der Waals surface area contributed by atoms with E-state index in [4.69, 9.17) is 5.11 Å². The molecule has 114 valence electrons. The molecular weight excluding hydrogens is 284 g/mol. The van der Waals surface area contributed by atoms with E-state index in [0.717, 1.165) is 0 Å². The largest absolute Gasteiger partial charge is 0.481 e. The molecule has 0 aliphatic carbocycles. The Hall–Kier alpha value is -1.15. The number of aliphatic carboxylic acids is 1. The summed E-state index contributed by atoms with van der Waals surface area (Å²) in [6.07, 6.45) is 0.580. The summed E-state index contributed by atoms with van der Waals surface area (Å²) < 4.78 is 22.9. The average molecular weight is 304 g/mol. The van der Waals surface area contributed by atoms with Gasteiger partial charge in [0.15, 0.2) is 9.84 Å². The van der Waals surface area contributed by atoms with Crippen molar-refractivity contribution >= 4 is 21.7 Å². The minimum Gasteiger partial charge on any atom is -0.481 e. The van der Waals surface area contributed by atoms with Gasteiger partial charge in [-0.15, -0.1) is 0 Å². The van der Waals surface area contributed by atoms with Gasteiger partial charge in [-0.1, -0.05) is 0 Å². The van der Waals surface area contributed by atoms with Crippen LogP contribution in [0.4, 0.5) is 0 Å². The lowest BCUT2D eigenvalue weighted by Gasteiger charge is -2.38. The van der Waals surface area contributed by atoms with Gasteiger partial charge in [-0.25, -0.2) is 8.42 Å². The Morgan fingerprint density at radius 1 is 1.40 bits per heavy atom. The maximum atomic E-state index is 11.9. The summed E-state index contributed by atoms with van der Waals surface area (Å²) in [7, 11) is -3.04. The van der Waals surface area contributed by atoms with Gasteiger partial charge in [-0.2, -0.15) is 0 Å². The summed E-state index contributed by atoms with van der Waals surface area (Å²) in [4.78, 5) is 24.3. The van der Waals surface area contributed by atoms with Gasteiger partial charge in [-0.05, 0) is 19.3 Å². The highest BCUT2D eigenvalue weighted by molar-refractivity contribution is 7.91. The Kier molecular flexibility index (Phi) is 4.06. The molecule has 20 heavy (non-hydrogen) atoms. The molecule has 0 saturated carbocycles. The number of nitrogens with one attached hydrogen (secondary N) is 1. The molecule has 2 saturated heterocycles. The van der Waals surface area contributed by atoms with Crippen LogP contribution in [0.2, 0.25) is 0 Å². The molecule has 2 aliphatic heterocycles. The van der Waals surface area contributed by atoms with Crippen LogP contribution in [0.1, 0.15) is 19.8 Å². The van der Waals surface area contributed by atoms with Gasteiger partial charge in [0.25, 0.3) is 0 Å². The quantitative estimate of drug-likeness (QED) is 0.681. The number of hydrogen-bond donors (Lipinski definition) is 2. The lowest BCUT2D eigenvalue weighted by Crippen LogP contribution is -2.55. The molecule has 2 fully saturated rings. The molecule has 7 nitrogen and oxygen atoms in total. The third-order valence-electron chi connectivity index (χ3n) is 3.81. The summed E-state index contributed by atoms with van der Waals surface area (Å²) in [5.41, 5.74) is -0.665. The van der Waals surface area contributed by atoms with Gasteiger partial charge in [0, 0.05) is 13.1 Å². The first-order valence-electron chi connectivity index (χ1n) is 6.63. The number of likely N-dealkylation sites (tertiary alicyclic amines) is 1. The molecule has 0 spiro atoms. The fraction of sp³-hybridized carbons (Fsp3) is 0.833. The van der Waals surface area contributed by atoms with Crippen molar-refractivity contribution in [3.05, 3.63) is 0 Å². The maximum Gasteiger partial charge on any atom is 0.303 e. The molecule has 1 amide bonds. The molecule has 2 heterocycles. The van der Waals surface area contributed by atoms with Crippen LogP contribution in [-0.2, 0) is 19.4 Å². The van der Waals surface area contributed by atoms with Crippen LogP contribution < -0.4 is 5.32 Å². The first-order chi connectivity index (χ1) is 9.17. The van der Waals surface area contributed by atoms with E-state index in [9.17, 15) is 18.0 Å². The van der Waals surface area contributed by atoms with Gasteiger partial charge < -0.3 is 10.4 Å². The Labute approximate surface area is 118 Å². The summed E-state index contributed by atoms with van der Waals surface area (Å²) in [5, 5.41) is 11.4. The molecule has 0 bridgehead atoms. The van der Waals surface area contributed by atoms with Crippen molar-refractivity contribution < 1.29 is 23.1 Å². The number of carboxylic acid groups (broad SMARTS) is 1. The minimum atomic E-state index is -3.04. The van der Waals surface area contributed by atoms with Crippen molar-refractivity contribution in [2.45, 2.75) is 25.3 Å². The van der Waals surface area contributed by atoms with E-state index in [1.165, 1.54) is 0 Å². The fourth-order valence-electron chi connectivity index (χ4n) is 2.87. The van der Waals surface area contributed by atoms with Crippen LogP contribution >= 0.6 is 0 Å². The Balaban J connectivity index is 1.73. The highest BCUT2D eigenvalue weighted by Crippen LogP contribution is 2.23. The van der Waals surface area contributed by atoms with Crippen molar-refractivity contribution in [3.63, 3.8) is 0 Å². The first kappa shape index (κ1) is 15.2.